The van der Waals surface area contributed by atoms with Crippen LogP contribution in [0.2, 0.25) is 0 Å². The van der Waals surface area contributed by atoms with Crippen LogP contribution < -0.4 is 4.74 Å². The molecule has 2 rings (SSSR count). The van der Waals surface area contributed by atoms with Crippen LogP contribution in [0, 0.1) is 0 Å². The summed E-state index contributed by atoms with van der Waals surface area (Å²) in [5.41, 5.74) is 1.75. The van der Waals surface area contributed by atoms with Gasteiger partial charge in [0.25, 0.3) is 0 Å². The fourth-order valence-electron chi connectivity index (χ4n) is 1.65. The first-order valence-electron chi connectivity index (χ1n) is 5.63. The average molecular weight is 311 g/mol. The van der Waals surface area contributed by atoms with Crippen LogP contribution in [0.4, 0.5) is 0 Å². The number of aromatic nitrogens is 2. The van der Waals surface area contributed by atoms with Crippen LogP contribution in [0.5, 0.6) is 5.75 Å². The maximum Gasteiger partial charge on any atom is 0.130 e. The zero-order valence-corrected chi connectivity index (χ0v) is 11.9. The number of benzene rings is 1. The van der Waals surface area contributed by atoms with Crippen molar-refractivity contribution in [3.63, 3.8) is 0 Å². The fourth-order valence-corrected chi connectivity index (χ4v) is 2.03. The van der Waals surface area contributed by atoms with Crippen molar-refractivity contribution in [2.75, 3.05) is 0 Å². The molecule has 0 amide bonds. The highest BCUT2D eigenvalue weighted by Crippen LogP contribution is 2.29. The monoisotopic (exact) mass is 310 g/mol. The molecule has 2 aromatic rings. The van der Waals surface area contributed by atoms with Gasteiger partial charge in [-0.05, 0) is 25.1 Å². The third-order valence-electron chi connectivity index (χ3n) is 2.71. The van der Waals surface area contributed by atoms with E-state index in [4.69, 9.17) is 4.74 Å². The van der Waals surface area contributed by atoms with Gasteiger partial charge in [-0.25, -0.2) is 4.98 Å². The predicted molar refractivity (Wildman–Crippen MR) is 72.3 cm³/mol. The summed E-state index contributed by atoms with van der Waals surface area (Å²) in [6, 6.07) is 5.61. The van der Waals surface area contributed by atoms with Crippen LogP contribution in [0.1, 0.15) is 24.3 Å². The smallest absolute Gasteiger partial charge is 0.130 e. The lowest BCUT2D eigenvalue weighted by Gasteiger charge is -2.14. The summed E-state index contributed by atoms with van der Waals surface area (Å²) in [5, 5.41) is 9.72. The van der Waals surface area contributed by atoms with E-state index in [9.17, 15) is 5.11 Å². The van der Waals surface area contributed by atoms with Crippen LogP contribution in [0.15, 0.2) is 35.2 Å². The second kappa shape index (κ2) is 5.54. The normalized spacial score (nSPS) is 12.4. The quantitative estimate of drug-likeness (QED) is 0.944. The first-order chi connectivity index (χ1) is 8.58. The molecule has 4 nitrogen and oxygen atoms in total. The van der Waals surface area contributed by atoms with Crippen LogP contribution in [-0.4, -0.2) is 14.7 Å². The summed E-state index contributed by atoms with van der Waals surface area (Å²) in [7, 11) is 1.92. The Hall–Kier alpha value is -1.33. The van der Waals surface area contributed by atoms with Gasteiger partial charge >= 0.3 is 0 Å². The maximum absolute atomic E-state index is 9.72. The van der Waals surface area contributed by atoms with Crippen LogP contribution in [0.3, 0.4) is 0 Å². The van der Waals surface area contributed by atoms with Gasteiger partial charge in [-0.2, -0.15) is 0 Å². The van der Waals surface area contributed by atoms with E-state index in [0.717, 1.165) is 15.7 Å². The zero-order valence-electron chi connectivity index (χ0n) is 10.3. The first-order valence-corrected chi connectivity index (χ1v) is 6.42. The van der Waals surface area contributed by atoms with Crippen molar-refractivity contribution >= 4 is 15.9 Å². The van der Waals surface area contributed by atoms with E-state index in [1.165, 1.54) is 0 Å². The summed E-state index contributed by atoms with van der Waals surface area (Å²) in [6.45, 7) is 2.15. The second-order valence-electron chi connectivity index (χ2n) is 4.14. The Labute approximate surface area is 114 Å². The molecule has 96 valence electrons. The molecule has 0 aliphatic rings. The lowest BCUT2D eigenvalue weighted by molar-refractivity contribution is 0.189. The molecule has 5 heteroatoms. The lowest BCUT2D eigenvalue weighted by atomic mass is 10.1. The molecule has 0 radical (unpaired) electrons. The number of aryl methyl sites for hydroxylation is 1. The highest BCUT2D eigenvalue weighted by Gasteiger charge is 2.10. The lowest BCUT2D eigenvalue weighted by Crippen LogP contribution is -2.04. The van der Waals surface area contributed by atoms with Gasteiger partial charge in [-0.3, -0.25) is 0 Å². The number of hydrogen-bond acceptors (Lipinski definition) is 3. The summed E-state index contributed by atoms with van der Waals surface area (Å²) in [4.78, 5) is 4.03. The largest absolute Gasteiger partial charge is 0.487 e. The standard InChI is InChI=1S/C13H15BrN2O2/c1-9(17)12-5-10(14)3-4-13(12)18-7-11-6-15-8-16(11)2/h3-6,8-9,17H,7H2,1-2H3/t9-/m0/s1. The molecule has 0 aliphatic carbocycles. The molecule has 1 heterocycles. The zero-order chi connectivity index (χ0) is 13.1. The van der Waals surface area contributed by atoms with E-state index in [1.54, 1.807) is 19.4 Å². The van der Waals surface area contributed by atoms with Crippen molar-refractivity contribution < 1.29 is 9.84 Å². The molecule has 0 fully saturated rings. The summed E-state index contributed by atoms with van der Waals surface area (Å²) < 4.78 is 8.56. The van der Waals surface area contributed by atoms with Crippen molar-refractivity contribution in [1.82, 2.24) is 9.55 Å². The predicted octanol–water partition coefficient (Wildman–Crippen LogP) is 2.81. The topological polar surface area (TPSA) is 47.3 Å². The Kier molecular flexibility index (Phi) is 4.04. The minimum atomic E-state index is -0.566. The van der Waals surface area contributed by atoms with Crippen molar-refractivity contribution in [2.24, 2.45) is 7.05 Å². The van der Waals surface area contributed by atoms with Gasteiger partial charge in [0.2, 0.25) is 0 Å². The van der Waals surface area contributed by atoms with E-state index in [0.29, 0.717) is 12.4 Å². The molecule has 18 heavy (non-hydrogen) atoms. The Morgan fingerprint density at radius 3 is 2.89 bits per heavy atom. The Bertz CT molecular complexity index is 538. The Morgan fingerprint density at radius 2 is 2.28 bits per heavy atom. The van der Waals surface area contributed by atoms with E-state index < -0.39 is 6.10 Å². The van der Waals surface area contributed by atoms with Crippen molar-refractivity contribution in [3.8, 4) is 5.75 Å². The number of rotatable bonds is 4. The Morgan fingerprint density at radius 1 is 1.50 bits per heavy atom. The van der Waals surface area contributed by atoms with Crippen molar-refractivity contribution in [2.45, 2.75) is 19.6 Å². The maximum atomic E-state index is 9.72. The highest BCUT2D eigenvalue weighted by molar-refractivity contribution is 9.10. The number of aliphatic hydroxyl groups is 1. The van der Waals surface area contributed by atoms with E-state index in [2.05, 4.69) is 20.9 Å². The highest BCUT2D eigenvalue weighted by atomic mass is 79.9. The van der Waals surface area contributed by atoms with E-state index in [1.807, 2.05) is 29.8 Å². The molecule has 1 N–H and O–H groups in total. The van der Waals surface area contributed by atoms with Crippen molar-refractivity contribution in [3.05, 3.63) is 46.5 Å². The molecule has 0 aliphatic heterocycles. The number of aliphatic hydroxyl groups excluding tert-OH is 1. The second-order valence-corrected chi connectivity index (χ2v) is 5.06. The average Bonchev–Trinajstić information content (AvgIpc) is 2.73. The van der Waals surface area contributed by atoms with Gasteiger partial charge in [0, 0.05) is 17.1 Å². The van der Waals surface area contributed by atoms with Crippen LogP contribution >= 0.6 is 15.9 Å². The van der Waals surface area contributed by atoms with Crippen LogP contribution in [-0.2, 0) is 13.7 Å². The third kappa shape index (κ3) is 2.91. The molecular weight excluding hydrogens is 296 g/mol. The number of imidazole rings is 1. The summed E-state index contributed by atoms with van der Waals surface area (Å²) >= 11 is 3.39. The van der Waals surface area contributed by atoms with Gasteiger partial charge in [0.15, 0.2) is 0 Å². The molecule has 0 unspecified atom stereocenters. The molecule has 1 atom stereocenters. The Balaban J connectivity index is 2.16. The molecule has 1 aromatic heterocycles. The first kappa shape index (κ1) is 13.1. The number of hydrogen-bond donors (Lipinski definition) is 1. The number of ether oxygens (including phenoxy) is 1. The van der Waals surface area contributed by atoms with Crippen molar-refractivity contribution in [1.29, 1.82) is 0 Å². The van der Waals surface area contributed by atoms with Gasteiger partial charge in [-0.15, -0.1) is 0 Å². The van der Waals surface area contributed by atoms with Gasteiger partial charge in [0.05, 0.1) is 24.3 Å². The molecule has 0 bridgehead atoms. The van der Waals surface area contributed by atoms with E-state index in [-0.39, 0.29) is 0 Å². The molecule has 1 aromatic carbocycles. The third-order valence-corrected chi connectivity index (χ3v) is 3.21. The molecule has 0 saturated carbocycles. The van der Waals surface area contributed by atoms with Gasteiger partial charge in [0.1, 0.15) is 12.4 Å². The number of halogens is 1. The van der Waals surface area contributed by atoms with Gasteiger partial charge < -0.3 is 14.4 Å². The SMILES string of the molecule is C[C@H](O)c1cc(Br)ccc1OCc1cncn1C. The van der Waals surface area contributed by atoms with Gasteiger partial charge in [-0.1, -0.05) is 15.9 Å². The van der Waals surface area contributed by atoms with Crippen LogP contribution in [0.25, 0.3) is 0 Å². The fraction of sp³-hybridized carbons (Fsp3) is 0.308. The minimum absolute atomic E-state index is 0.428. The summed E-state index contributed by atoms with van der Waals surface area (Å²) in [5.74, 6) is 0.689. The van der Waals surface area contributed by atoms with E-state index >= 15 is 0 Å². The molecule has 0 saturated heterocycles. The summed E-state index contributed by atoms with van der Waals surface area (Å²) in [6.07, 6.45) is 2.93. The number of nitrogens with zero attached hydrogens (tertiary/aromatic N) is 2. The minimum Gasteiger partial charge on any atom is -0.487 e. The molecular formula is C13H15BrN2O2. The molecule has 0 spiro atoms.